The first kappa shape index (κ1) is 16.7. The third kappa shape index (κ3) is 3.57. The Kier molecular flexibility index (Phi) is 5.60. The van der Waals surface area contributed by atoms with Gasteiger partial charge in [-0.1, -0.05) is 30.7 Å². The van der Waals surface area contributed by atoms with Crippen LogP contribution in [-0.4, -0.2) is 48.0 Å². The number of aliphatic hydroxyl groups is 1. The Morgan fingerprint density at radius 1 is 1.43 bits per heavy atom. The van der Waals surface area contributed by atoms with Gasteiger partial charge >= 0.3 is 0 Å². The van der Waals surface area contributed by atoms with Crippen LogP contribution in [-0.2, 0) is 11.2 Å². The van der Waals surface area contributed by atoms with E-state index in [1.807, 2.05) is 0 Å². The lowest BCUT2D eigenvalue weighted by Gasteiger charge is -2.46. The summed E-state index contributed by atoms with van der Waals surface area (Å²) in [6.07, 6.45) is 0.541. The van der Waals surface area contributed by atoms with Crippen LogP contribution in [0.2, 0.25) is 5.02 Å². The van der Waals surface area contributed by atoms with Crippen molar-refractivity contribution in [2.24, 2.45) is 0 Å². The molecule has 21 heavy (non-hydrogen) atoms. The molecular formula is C16H23ClFNO2. The van der Waals surface area contributed by atoms with Gasteiger partial charge in [0.2, 0.25) is 0 Å². The molecule has 1 N–H and O–H groups in total. The molecule has 1 aliphatic heterocycles. The van der Waals surface area contributed by atoms with Gasteiger partial charge in [-0.05, 0) is 25.0 Å². The maximum atomic E-state index is 13.5. The summed E-state index contributed by atoms with van der Waals surface area (Å²) in [6.45, 7) is 7.09. The summed E-state index contributed by atoms with van der Waals surface area (Å²) in [6, 6.07) is 4.73. The summed E-state index contributed by atoms with van der Waals surface area (Å²) < 4.78 is 18.9. The quantitative estimate of drug-likeness (QED) is 0.907. The first-order chi connectivity index (χ1) is 9.99. The molecule has 0 radical (unpaired) electrons. The Bertz CT molecular complexity index is 479. The molecular weight excluding hydrogens is 293 g/mol. The van der Waals surface area contributed by atoms with Gasteiger partial charge in [0.25, 0.3) is 0 Å². The number of nitrogens with zero attached hydrogens (tertiary/aromatic N) is 1. The van der Waals surface area contributed by atoms with Crippen LogP contribution in [0.1, 0.15) is 25.8 Å². The molecule has 118 valence electrons. The van der Waals surface area contributed by atoms with Crippen LogP contribution in [0.3, 0.4) is 0 Å². The van der Waals surface area contributed by atoms with Crippen molar-refractivity contribution in [3.63, 3.8) is 0 Å². The SMILES string of the molecule is CCC(C)(C(O)Cc1cccc(F)c1Cl)N1CCOCC1. The second-order valence-electron chi connectivity index (χ2n) is 5.74. The minimum absolute atomic E-state index is 0.108. The molecule has 1 fully saturated rings. The molecule has 0 amide bonds. The molecule has 2 atom stereocenters. The highest BCUT2D eigenvalue weighted by Gasteiger charge is 2.38. The van der Waals surface area contributed by atoms with Crippen LogP contribution in [0.15, 0.2) is 18.2 Å². The van der Waals surface area contributed by atoms with E-state index in [1.54, 1.807) is 12.1 Å². The molecule has 3 nitrogen and oxygen atoms in total. The van der Waals surface area contributed by atoms with Crippen LogP contribution >= 0.6 is 11.6 Å². The molecule has 0 aliphatic carbocycles. The van der Waals surface area contributed by atoms with Gasteiger partial charge in [-0.25, -0.2) is 4.39 Å². The van der Waals surface area contributed by atoms with Crippen molar-refractivity contribution in [1.29, 1.82) is 0 Å². The maximum Gasteiger partial charge on any atom is 0.142 e. The lowest BCUT2D eigenvalue weighted by molar-refractivity contribution is -0.0714. The van der Waals surface area contributed by atoms with Gasteiger partial charge < -0.3 is 9.84 Å². The number of aliphatic hydroxyl groups excluding tert-OH is 1. The summed E-state index contributed by atoms with van der Waals surface area (Å²) in [5.41, 5.74) is 0.288. The van der Waals surface area contributed by atoms with Gasteiger partial charge in [0, 0.05) is 25.0 Å². The lowest BCUT2D eigenvalue weighted by atomic mass is 9.85. The average molecular weight is 316 g/mol. The predicted molar refractivity (Wildman–Crippen MR) is 82.2 cm³/mol. The van der Waals surface area contributed by atoms with Crippen LogP contribution < -0.4 is 0 Å². The van der Waals surface area contributed by atoms with Crippen molar-refractivity contribution in [1.82, 2.24) is 4.90 Å². The first-order valence-corrected chi connectivity index (χ1v) is 7.80. The van der Waals surface area contributed by atoms with E-state index < -0.39 is 11.9 Å². The van der Waals surface area contributed by atoms with Crippen LogP contribution in [0, 0.1) is 5.82 Å². The molecule has 0 aromatic heterocycles. The second-order valence-corrected chi connectivity index (χ2v) is 6.12. The van der Waals surface area contributed by atoms with Crippen molar-refractivity contribution in [2.45, 2.75) is 38.3 Å². The number of rotatable bonds is 5. The fraction of sp³-hybridized carbons (Fsp3) is 0.625. The number of halogens is 2. The van der Waals surface area contributed by atoms with E-state index >= 15 is 0 Å². The minimum atomic E-state index is -0.611. The molecule has 1 aromatic rings. The van der Waals surface area contributed by atoms with Crippen molar-refractivity contribution in [3.8, 4) is 0 Å². The minimum Gasteiger partial charge on any atom is -0.391 e. The first-order valence-electron chi connectivity index (χ1n) is 7.42. The monoisotopic (exact) mass is 315 g/mol. The van der Waals surface area contributed by atoms with Gasteiger partial charge in [-0.3, -0.25) is 4.90 Å². The fourth-order valence-corrected chi connectivity index (χ4v) is 3.08. The van der Waals surface area contributed by atoms with Crippen LogP contribution in [0.4, 0.5) is 4.39 Å². The molecule has 5 heteroatoms. The maximum absolute atomic E-state index is 13.5. The molecule has 0 spiro atoms. The van der Waals surface area contributed by atoms with E-state index in [0.29, 0.717) is 25.2 Å². The van der Waals surface area contributed by atoms with E-state index in [9.17, 15) is 9.50 Å². The Balaban J connectivity index is 2.15. The van der Waals surface area contributed by atoms with E-state index in [-0.39, 0.29) is 10.6 Å². The Hall–Kier alpha value is -0.680. The standard InChI is InChI=1S/C16H23ClFNO2/c1-3-16(2,19-7-9-21-10-8-19)14(20)11-12-5-4-6-13(18)15(12)17/h4-6,14,20H,3,7-11H2,1-2H3. The van der Waals surface area contributed by atoms with E-state index in [0.717, 1.165) is 19.5 Å². The molecule has 1 aliphatic rings. The summed E-state index contributed by atoms with van der Waals surface area (Å²) in [7, 11) is 0. The Morgan fingerprint density at radius 3 is 2.71 bits per heavy atom. The smallest absolute Gasteiger partial charge is 0.142 e. The highest BCUT2D eigenvalue weighted by molar-refractivity contribution is 6.31. The molecule has 0 bridgehead atoms. The van der Waals surface area contributed by atoms with Gasteiger partial charge in [0.1, 0.15) is 5.82 Å². The molecule has 1 aromatic carbocycles. The van der Waals surface area contributed by atoms with Gasteiger partial charge in [-0.2, -0.15) is 0 Å². The number of hydrogen-bond donors (Lipinski definition) is 1. The zero-order valence-corrected chi connectivity index (χ0v) is 13.4. The normalized spacial score (nSPS) is 21.0. The molecule has 2 rings (SSSR count). The number of ether oxygens (including phenoxy) is 1. The molecule has 1 saturated heterocycles. The van der Waals surface area contributed by atoms with Crippen LogP contribution in [0.5, 0.6) is 0 Å². The third-order valence-electron chi connectivity index (χ3n) is 4.61. The molecule has 1 heterocycles. The highest BCUT2D eigenvalue weighted by atomic mass is 35.5. The number of hydrogen-bond acceptors (Lipinski definition) is 3. The second kappa shape index (κ2) is 7.05. The molecule has 0 saturated carbocycles. The van der Waals surface area contributed by atoms with Crippen molar-refractivity contribution in [2.75, 3.05) is 26.3 Å². The fourth-order valence-electron chi connectivity index (χ4n) is 2.88. The van der Waals surface area contributed by atoms with Gasteiger partial charge in [0.15, 0.2) is 0 Å². The Morgan fingerprint density at radius 2 is 2.10 bits per heavy atom. The summed E-state index contributed by atoms with van der Waals surface area (Å²) >= 11 is 6.00. The largest absolute Gasteiger partial charge is 0.391 e. The lowest BCUT2D eigenvalue weighted by Crippen LogP contribution is -2.58. The average Bonchev–Trinajstić information content (AvgIpc) is 2.51. The van der Waals surface area contributed by atoms with Gasteiger partial charge in [0.05, 0.1) is 24.3 Å². The zero-order valence-electron chi connectivity index (χ0n) is 12.6. The van der Waals surface area contributed by atoms with E-state index in [4.69, 9.17) is 16.3 Å². The topological polar surface area (TPSA) is 32.7 Å². The summed E-state index contributed by atoms with van der Waals surface area (Å²) in [5.74, 6) is -0.439. The van der Waals surface area contributed by atoms with Crippen molar-refractivity contribution < 1.29 is 14.2 Å². The number of benzene rings is 1. The summed E-state index contributed by atoms with van der Waals surface area (Å²) in [4.78, 5) is 2.26. The predicted octanol–water partition coefficient (Wildman–Crippen LogP) is 2.88. The van der Waals surface area contributed by atoms with Crippen molar-refractivity contribution in [3.05, 3.63) is 34.6 Å². The number of morpholine rings is 1. The zero-order chi connectivity index (χ0) is 15.5. The van der Waals surface area contributed by atoms with E-state index in [1.165, 1.54) is 6.07 Å². The van der Waals surface area contributed by atoms with Crippen molar-refractivity contribution >= 4 is 11.6 Å². The third-order valence-corrected chi connectivity index (χ3v) is 5.04. The Labute approximate surface area is 130 Å². The van der Waals surface area contributed by atoms with Gasteiger partial charge in [-0.15, -0.1) is 0 Å². The molecule has 2 unspecified atom stereocenters. The summed E-state index contributed by atoms with van der Waals surface area (Å²) in [5, 5.41) is 10.8. The highest BCUT2D eigenvalue weighted by Crippen LogP contribution is 2.29. The van der Waals surface area contributed by atoms with E-state index in [2.05, 4.69) is 18.7 Å². The van der Waals surface area contributed by atoms with Crippen LogP contribution in [0.25, 0.3) is 0 Å².